The fourth-order valence-corrected chi connectivity index (χ4v) is 4.75. The molecule has 1 fully saturated rings. The van der Waals surface area contributed by atoms with Crippen molar-refractivity contribution in [1.29, 1.82) is 0 Å². The number of pyridine rings is 2. The van der Waals surface area contributed by atoms with Crippen LogP contribution in [-0.2, 0) is 13.1 Å². The summed E-state index contributed by atoms with van der Waals surface area (Å²) in [5.74, 6) is -0.512. The minimum Gasteiger partial charge on any atom is -0.370 e. The molecule has 3 aromatic heterocycles. The van der Waals surface area contributed by atoms with E-state index in [4.69, 9.17) is 10.2 Å². The van der Waals surface area contributed by atoms with E-state index in [1.54, 1.807) is 17.6 Å². The molecule has 8 heteroatoms. The predicted molar refractivity (Wildman–Crippen MR) is 135 cm³/mol. The molecule has 0 saturated carbocycles. The lowest BCUT2D eigenvalue weighted by atomic mass is 10.1. The van der Waals surface area contributed by atoms with Crippen LogP contribution in [0.25, 0.3) is 11.0 Å². The van der Waals surface area contributed by atoms with Crippen LogP contribution in [0.1, 0.15) is 34.3 Å². The zero-order chi connectivity index (χ0) is 24.0. The van der Waals surface area contributed by atoms with Gasteiger partial charge in [0.15, 0.2) is 0 Å². The van der Waals surface area contributed by atoms with Crippen molar-refractivity contribution in [3.63, 3.8) is 0 Å². The highest BCUT2D eigenvalue weighted by atomic mass is 16.5. The predicted octanol–water partition coefficient (Wildman–Crippen LogP) is 3.70. The number of benzene rings is 1. The molecule has 0 bridgehead atoms. The Morgan fingerprint density at radius 1 is 0.943 bits per heavy atom. The van der Waals surface area contributed by atoms with Crippen LogP contribution < -0.4 is 10.4 Å². The number of hydrogen-bond acceptors (Lipinski definition) is 6. The monoisotopic (exact) mass is 470 g/mol. The normalized spacial score (nSPS) is 15.1. The molecule has 35 heavy (non-hydrogen) atoms. The molecular weight excluding hydrogens is 440 g/mol. The number of nitrogens with zero attached hydrogens (tertiary/aromatic N) is 5. The smallest absolute Gasteiger partial charge is 0.274 e. The number of nitrogens with one attached hydrogen (secondary N) is 1. The maximum atomic E-state index is 11.5. The Hall–Kier alpha value is -3.75. The Morgan fingerprint density at radius 2 is 1.74 bits per heavy atom. The first-order valence-corrected chi connectivity index (χ1v) is 12.0. The number of amides is 1. The van der Waals surface area contributed by atoms with Gasteiger partial charge in [-0.1, -0.05) is 18.2 Å². The molecular formula is C27H30N6O2. The molecule has 4 heterocycles. The second kappa shape index (κ2) is 10.7. The summed E-state index contributed by atoms with van der Waals surface area (Å²) in [6.07, 6.45) is 10.1. The summed E-state index contributed by atoms with van der Waals surface area (Å²) in [4.78, 5) is 25.5. The van der Waals surface area contributed by atoms with Gasteiger partial charge in [0.25, 0.3) is 5.91 Å². The van der Waals surface area contributed by atoms with Crippen molar-refractivity contribution in [1.82, 2.24) is 24.9 Å². The molecule has 0 aliphatic carbocycles. The van der Waals surface area contributed by atoms with Crippen LogP contribution in [0.3, 0.4) is 0 Å². The van der Waals surface area contributed by atoms with Gasteiger partial charge in [0.2, 0.25) is 0 Å². The van der Waals surface area contributed by atoms with Gasteiger partial charge in [0.1, 0.15) is 5.65 Å². The summed E-state index contributed by atoms with van der Waals surface area (Å²) in [6.45, 7) is 5.82. The SMILES string of the molecule is O=C(NO)c1ccc(Cn2ccc3cc(N4CCCN(Cc5cccnc5)CCC4)cnc32)cc1. The minimum atomic E-state index is -0.512. The Balaban J connectivity index is 1.22. The molecule has 0 spiro atoms. The number of aromatic nitrogens is 3. The van der Waals surface area contributed by atoms with Crippen LogP contribution in [0.4, 0.5) is 5.69 Å². The van der Waals surface area contributed by atoms with Gasteiger partial charge in [-0.05, 0) is 54.3 Å². The average molecular weight is 471 g/mol. The zero-order valence-corrected chi connectivity index (χ0v) is 19.7. The average Bonchev–Trinajstić information content (AvgIpc) is 3.28. The van der Waals surface area contributed by atoms with E-state index in [9.17, 15) is 4.79 Å². The Labute approximate surface area is 204 Å². The Kier molecular flexibility index (Phi) is 7.02. The first-order chi connectivity index (χ1) is 17.2. The van der Waals surface area contributed by atoms with E-state index in [2.05, 4.69) is 43.7 Å². The highest BCUT2D eigenvalue weighted by Crippen LogP contribution is 2.23. The maximum Gasteiger partial charge on any atom is 0.274 e. The van der Waals surface area contributed by atoms with E-state index in [1.807, 2.05) is 36.8 Å². The van der Waals surface area contributed by atoms with E-state index in [1.165, 1.54) is 11.3 Å². The lowest BCUT2D eigenvalue weighted by Gasteiger charge is -2.31. The van der Waals surface area contributed by atoms with E-state index in [0.717, 1.165) is 62.2 Å². The second-order valence-electron chi connectivity index (χ2n) is 9.02. The van der Waals surface area contributed by atoms with Gasteiger partial charge in [-0.15, -0.1) is 0 Å². The van der Waals surface area contributed by atoms with Crippen molar-refractivity contribution in [2.75, 3.05) is 31.1 Å². The molecule has 0 unspecified atom stereocenters. The highest BCUT2D eigenvalue weighted by molar-refractivity contribution is 5.93. The lowest BCUT2D eigenvalue weighted by molar-refractivity contribution is 0.0706. The number of rotatable bonds is 6. The van der Waals surface area contributed by atoms with Gasteiger partial charge >= 0.3 is 0 Å². The van der Waals surface area contributed by atoms with E-state index in [-0.39, 0.29) is 0 Å². The number of hydrogen-bond donors (Lipinski definition) is 2. The number of fused-ring (bicyclic) bond motifs is 1. The molecule has 1 aliphatic heterocycles. The van der Waals surface area contributed by atoms with Crippen molar-refractivity contribution in [2.45, 2.75) is 25.9 Å². The summed E-state index contributed by atoms with van der Waals surface area (Å²) in [6, 6.07) is 15.7. The summed E-state index contributed by atoms with van der Waals surface area (Å²) < 4.78 is 2.12. The zero-order valence-electron chi connectivity index (χ0n) is 19.7. The van der Waals surface area contributed by atoms with Gasteiger partial charge in [0, 0.05) is 68.8 Å². The third kappa shape index (κ3) is 5.50. The third-order valence-corrected chi connectivity index (χ3v) is 6.56. The molecule has 0 radical (unpaired) electrons. The number of carbonyl (C=O) groups excluding carboxylic acids is 1. The van der Waals surface area contributed by atoms with Crippen LogP contribution >= 0.6 is 0 Å². The fraction of sp³-hybridized carbons (Fsp3) is 0.296. The van der Waals surface area contributed by atoms with Crippen molar-refractivity contribution >= 4 is 22.6 Å². The number of anilines is 1. The van der Waals surface area contributed by atoms with Crippen LogP contribution in [0.2, 0.25) is 0 Å². The fourth-order valence-electron chi connectivity index (χ4n) is 4.75. The summed E-state index contributed by atoms with van der Waals surface area (Å²) in [7, 11) is 0. The van der Waals surface area contributed by atoms with Crippen LogP contribution in [0.15, 0.2) is 73.3 Å². The van der Waals surface area contributed by atoms with E-state index >= 15 is 0 Å². The van der Waals surface area contributed by atoms with Crippen LogP contribution in [0.5, 0.6) is 0 Å². The molecule has 2 N–H and O–H groups in total. The lowest BCUT2D eigenvalue weighted by Crippen LogP contribution is -2.36. The standard InChI is InChI=1S/C27H30N6O2/c34-27(30-35)23-7-5-21(6-8-23)20-33-15-9-24-16-25(18-29-26(24)33)32-13-2-11-31(12-3-14-32)19-22-4-1-10-28-17-22/h1,4-10,15-18,35H,2-3,11-14,19-20H2,(H,30,34). The van der Waals surface area contributed by atoms with Gasteiger partial charge in [-0.25, -0.2) is 10.5 Å². The maximum absolute atomic E-state index is 11.5. The Bertz CT molecular complexity index is 1260. The minimum absolute atomic E-state index is 0.421. The van der Waals surface area contributed by atoms with Gasteiger partial charge < -0.3 is 9.47 Å². The molecule has 1 aliphatic rings. The van der Waals surface area contributed by atoms with Crippen molar-refractivity contribution in [2.24, 2.45) is 0 Å². The topological polar surface area (TPSA) is 86.5 Å². The largest absolute Gasteiger partial charge is 0.370 e. The molecule has 4 aromatic rings. The molecule has 5 rings (SSSR count). The van der Waals surface area contributed by atoms with Gasteiger partial charge in [0.05, 0.1) is 11.9 Å². The van der Waals surface area contributed by atoms with E-state index < -0.39 is 5.91 Å². The first kappa shape index (κ1) is 23.0. The molecule has 0 atom stereocenters. The Morgan fingerprint density at radius 3 is 2.46 bits per heavy atom. The number of carbonyl (C=O) groups is 1. The molecule has 1 amide bonds. The first-order valence-electron chi connectivity index (χ1n) is 12.0. The van der Waals surface area contributed by atoms with E-state index in [0.29, 0.717) is 12.1 Å². The molecule has 180 valence electrons. The molecule has 1 saturated heterocycles. The van der Waals surface area contributed by atoms with Gasteiger partial charge in [-0.2, -0.15) is 0 Å². The molecule has 8 nitrogen and oxygen atoms in total. The highest BCUT2D eigenvalue weighted by Gasteiger charge is 2.15. The molecule has 1 aromatic carbocycles. The summed E-state index contributed by atoms with van der Waals surface area (Å²) >= 11 is 0. The summed E-state index contributed by atoms with van der Waals surface area (Å²) in [5, 5.41) is 9.90. The van der Waals surface area contributed by atoms with Crippen molar-refractivity contribution < 1.29 is 10.0 Å². The second-order valence-corrected chi connectivity index (χ2v) is 9.02. The quantitative estimate of drug-likeness (QED) is 0.330. The van der Waals surface area contributed by atoms with Crippen molar-refractivity contribution in [3.05, 3.63) is 90.0 Å². The van der Waals surface area contributed by atoms with Crippen molar-refractivity contribution in [3.8, 4) is 0 Å². The van der Waals surface area contributed by atoms with Crippen LogP contribution in [0, 0.1) is 0 Å². The van der Waals surface area contributed by atoms with Crippen LogP contribution in [-0.4, -0.2) is 56.7 Å². The third-order valence-electron chi connectivity index (χ3n) is 6.56. The number of hydroxylamine groups is 1. The van der Waals surface area contributed by atoms with Gasteiger partial charge in [-0.3, -0.25) is 19.9 Å². The summed E-state index contributed by atoms with van der Waals surface area (Å²) in [5.41, 5.74) is 6.53.